The predicted octanol–water partition coefficient (Wildman–Crippen LogP) is 0.932. The molecule has 0 unspecified atom stereocenters. The molecular formula is C13H13N3O3. The van der Waals surface area contributed by atoms with Gasteiger partial charge in [0.1, 0.15) is 11.4 Å². The van der Waals surface area contributed by atoms with Crippen LogP contribution < -0.4 is 5.56 Å². The summed E-state index contributed by atoms with van der Waals surface area (Å²) >= 11 is 0. The molecule has 0 aromatic carbocycles. The molecule has 1 N–H and O–H groups in total. The van der Waals surface area contributed by atoms with Crippen LogP contribution in [-0.2, 0) is 11.2 Å². The van der Waals surface area contributed by atoms with Crippen molar-refractivity contribution in [2.24, 2.45) is 0 Å². The van der Waals surface area contributed by atoms with Gasteiger partial charge in [0.15, 0.2) is 0 Å². The Bertz CT molecular complexity index is 623. The molecule has 0 amide bonds. The van der Waals surface area contributed by atoms with Gasteiger partial charge in [0.05, 0.1) is 6.61 Å². The average molecular weight is 259 g/mol. The van der Waals surface area contributed by atoms with E-state index in [1.54, 1.807) is 25.4 Å². The molecule has 0 bridgehead atoms. The number of aromatic nitrogens is 3. The zero-order valence-electron chi connectivity index (χ0n) is 10.4. The lowest BCUT2D eigenvalue weighted by Crippen LogP contribution is -2.22. The van der Waals surface area contributed by atoms with Gasteiger partial charge in [-0.3, -0.25) is 9.78 Å². The van der Waals surface area contributed by atoms with Crippen molar-refractivity contribution >= 4 is 5.97 Å². The SMILES string of the molecule is CCOC(=O)c1cnc(Cc2cccnc2)[nH]c1=O. The number of pyridine rings is 1. The summed E-state index contributed by atoms with van der Waals surface area (Å²) in [5.74, 6) is -0.185. The molecule has 0 fully saturated rings. The molecule has 0 saturated carbocycles. The first-order chi connectivity index (χ1) is 9.20. The molecule has 6 nitrogen and oxygen atoms in total. The van der Waals surface area contributed by atoms with E-state index in [0.717, 1.165) is 5.56 Å². The van der Waals surface area contributed by atoms with Gasteiger partial charge in [-0.1, -0.05) is 6.07 Å². The molecule has 19 heavy (non-hydrogen) atoms. The average Bonchev–Trinajstić information content (AvgIpc) is 2.40. The second kappa shape index (κ2) is 5.90. The number of nitrogens with one attached hydrogen (secondary N) is 1. The smallest absolute Gasteiger partial charge is 0.345 e. The van der Waals surface area contributed by atoms with Crippen LogP contribution in [0.3, 0.4) is 0 Å². The van der Waals surface area contributed by atoms with Gasteiger partial charge in [0, 0.05) is 25.0 Å². The largest absolute Gasteiger partial charge is 0.462 e. The van der Waals surface area contributed by atoms with Gasteiger partial charge in [-0.2, -0.15) is 0 Å². The maximum absolute atomic E-state index is 11.7. The van der Waals surface area contributed by atoms with Crippen LogP contribution in [0.1, 0.15) is 28.7 Å². The Hall–Kier alpha value is -2.50. The number of aromatic amines is 1. The monoisotopic (exact) mass is 259 g/mol. The van der Waals surface area contributed by atoms with Crippen LogP contribution in [0, 0.1) is 0 Å². The van der Waals surface area contributed by atoms with Crippen LogP contribution in [0.4, 0.5) is 0 Å². The minimum Gasteiger partial charge on any atom is -0.462 e. The Morgan fingerprint density at radius 1 is 1.42 bits per heavy atom. The van der Waals surface area contributed by atoms with Crippen molar-refractivity contribution in [2.45, 2.75) is 13.3 Å². The topological polar surface area (TPSA) is 84.9 Å². The molecule has 98 valence electrons. The van der Waals surface area contributed by atoms with Crippen molar-refractivity contribution in [2.75, 3.05) is 6.61 Å². The van der Waals surface area contributed by atoms with Crippen molar-refractivity contribution < 1.29 is 9.53 Å². The van der Waals surface area contributed by atoms with Crippen LogP contribution in [0.15, 0.2) is 35.5 Å². The number of carbonyl (C=O) groups excluding carboxylic acids is 1. The van der Waals surface area contributed by atoms with Crippen molar-refractivity contribution in [3.8, 4) is 0 Å². The highest BCUT2D eigenvalue weighted by atomic mass is 16.5. The van der Waals surface area contributed by atoms with E-state index in [9.17, 15) is 9.59 Å². The first kappa shape index (κ1) is 12.9. The van der Waals surface area contributed by atoms with Crippen molar-refractivity contribution in [3.63, 3.8) is 0 Å². The summed E-state index contributed by atoms with van der Waals surface area (Å²) in [5, 5.41) is 0. The van der Waals surface area contributed by atoms with Gasteiger partial charge in [-0.05, 0) is 18.6 Å². The highest BCUT2D eigenvalue weighted by Gasteiger charge is 2.12. The van der Waals surface area contributed by atoms with E-state index >= 15 is 0 Å². The molecule has 2 aromatic rings. The number of H-pyrrole nitrogens is 1. The van der Waals surface area contributed by atoms with Crippen LogP contribution in [0.2, 0.25) is 0 Å². The maximum Gasteiger partial charge on any atom is 0.345 e. The molecule has 2 aromatic heterocycles. The Kier molecular flexibility index (Phi) is 4.02. The summed E-state index contributed by atoms with van der Waals surface area (Å²) in [6, 6.07) is 3.69. The second-order valence-electron chi connectivity index (χ2n) is 3.83. The number of esters is 1. The van der Waals surface area contributed by atoms with Crippen molar-refractivity contribution in [1.82, 2.24) is 15.0 Å². The molecule has 0 atom stereocenters. The fourth-order valence-electron chi connectivity index (χ4n) is 1.57. The van der Waals surface area contributed by atoms with Crippen LogP contribution in [-0.4, -0.2) is 27.5 Å². The summed E-state index contributed by atoms with van der Waals surface area (Å²) < 4.78 is 4.76. The molecule has 0 radical (unpaired) electrons. The Balaban J connectivity index is 2.20. The fourth-order valence-corrected chi connectivity index (χ4v) is 1.57. The summed E-state index contributed by atoms with van der Waals surface area (Å²) in [6.07, 6.45) is 5.05. The van der Waals surface area contributed by atoms with E-state index in [-0.39, 0.29) is 12.2 Å². The molecule has 0 aliphatic heterocycles. The zero-order valence-corrected chi connectivity index (χ0v) is 10.4. The third kappa shape index (κ3) is 3.25. The Labute approximate surface area is 109 Å². The predicted molar refractivity (Wildman–Crippen MR) is 67.9 cm³/mol. The van der Waals surface area contributed by atoms with Gasteiger partial charge >= 0.3 is 5.97 Å². The number of ether oxygens (including phenoxy) is 1. The minimum absolute atomic E-state index is 0.0863. The molecular weight excluding hydrogens is 246 g/mol. The summed E-state index contributed by atoms with van der Waals surface area (Å²) in [4.78, 5) is 33.8. The van der Waals surface area contributed by atoms with E-state index < -0.39 is 11.5 Å². The number of rotatable bonds is 4. The van der Waals surface area contributed by atoms with E-state index in [0.29, 0.717) is 12.2 Å². The Morgan fingerprint density at radius 3 is 2.89 bits per heavy atom. The number of nitrogens with zero attached hydrogens (tertiary/aromatic N) is 2. The summed E-state index contributed by atoms with van der Waals surface area (Å²) in [5.41, 5.74) is 0.346. The fraction of sp³-hybridized carbons (Fsp3) is 0.231. The van der Waals surface area contributed by atoms with Gasteiger partial charge in [0.2, 0.25) is 0 Å². The lowest BCUT2D eigenvalue weighted by molar-refractivity contribution is 0.0523. The normalized spacial score (nSPS) is 10.2. The van der Waals surface area contributed by atoms with Crippen LogP contribution in [0.5, 0.6) is 0 Å². The molecule has 6 heteroatoms. The molecule has 0 spiro atoms. The first-order valence-corrected chi connectivity index (χ1v) is 5.85. The molecule has 0 aliphatic carbocycles. The van der Waals surface area contributed by atoms with Crippen molar-refractivity contribution in [3.05, 3.63) is 58.0 Å². The highest BCUT2D eigenvalue weighted by Crippen LogP contribution is 2.02. The van der Waals surface area contributed by atoms with E-state index in [1.165, 1.54) is 6.20 Å². The van der Waals surface area contributed by atoms with E-state index in [2.05, 4.69) is 15.0 Å². The first-order valence-electron chi connectivity index (χ1n) is 5.85. The minimum atomic E-state index is -0.663. The van der Waals surface area contributed by atoms with Gasteiger partial charge in [-0.25, -0.2) is 9.78 Å². The molecule has 0 saturated heterocycles. The second-order valence-corrected chi connectivity index (χ2v) is 3.83. The maximum atomic E-state index is 11.7. The van der Waals surface area contributed by atoms with Crippen LogP contribution in [0.25, 0.3) is 0 Å². The molecule has 0 aliphatic rings. The zero-order chi connectivity index (χ0) is 13.7. The summed E-state index contributed by atoms with van der Waals surface area (Å²) in [7, 11) is 0. The van der Waals surface area contributed by atoms with E-state index in [4.69, 9.17) is 4.74 Å². The highest BCUT2D eigenvalue weighted by molar-refractivity contribution is 5.88. The summed E-state index contributed by atoms with van der Waals surface area (Å²) in [6.45, 7) is 1.89. The lowest BCUT2D eigenvalue weighted by Gasteiger charge is -2.03. The lowest BCUT2D eigenvalue weighted by atomic mass is 10.2. The Morgan fingerprint density at radius 2 is 2.26 bits per heavy atom. The number of hydrogen-bond donors (Lipinski definition) is 1. The standard InChI is InChI=1S/C13H13N3O3/c1-2-19-13(18)10-8-15-11(16-12(10)17)6-9-4-3-5-14-7-9/h3-5,7-8H,2,6H2,1H3,(H,15,16,17). The van der Waals surface area contributed by atoms with E-state index in [1.807, 2.05) is 6.07 Å². The number of hydrogen-bond acceptors (Lipinski definition) is 5. The molecule has 2 heterocycles. The number of carbonyl (C=O) groups is 1. The van der Waals surface area contributed by atoms with Crippen LogP contribution >= 0.6 is 0 Å². The van der Waals surface area contributed by atoms with Crippen molar-refractivity contribution in [1.29, 1.82) is 0 Å². The van der Waals surface area contributed by atoms with Gasteiger partial charge in [-0.15, -0.1) is 0 Å². The third-order valence-corrected chi connectivity index (χ3v) is 2.44. The molecule has 2 rings (SSSR count). The third-order valence-electron chi connectivity index (χ3n) is 2.44. The van der Waals surface area contributed by atoms with Gasteiger partial charge < -0.3 is 9.72 Å². The van der Waals surface area contributed by atoms with Gasteiger partial charge in [0.25, 0.3) is 5.56 Å². The quantitative estimate of drug-likeness (QED) is 0.826.